The van der Waals surface area contributed by atoms with Gasteiger partial charge in [-0.3, -0.25) is 0 Å². The Labute approximate surface area is 299 Å². The third-order valence-corrected chi connectivity index (χ3v) is 9.80. The monoisotopic (exact) mass is 653 g/mol. The van der Waals surface area contributed by atoms with Gasteiger partial charge in [-0.1, -0.05) is 146 Å². The minimum atomic E-state index is 0.553. The molecular weight excluding hydrogens is 619 g/mol. The Bertz CT molecular complexity index is 2360. The second kappa shape index (κ2) is 13.5. The number of rotatable bonds is 6. The fourth-order valence-corrected chi connectivity index (χ4v) is 7.16. The largest absolute Gasteiger partial charge is 0.372 e. The molecule has 7 aromatic carbocycles. The van der Waals surface area contributed by atoms with Crippen molar-refractivity contribution in [3.63, 3.8) is 0 Å². The molecule has 1 aliphatic heterocycles. The first kappa shape index (κ1) is 30.7. The van der Waals surface area contributed by atoms with Gasteiger partial charge < -0.3 is 4.74 Å². The van der Waals surface area contributed by atoms with E-state index < -0.39 is 0 Å². The van der Waals surface area contributed by atoms with E-state index in [1.165, 1.54) is 55.6 Å². The predicted molar refractivity (Wildman–Crippen MR) is 211 cm³/mol. The lowest BCUT2D eigenvalue weighted by molar-refractivity contribution is 0.110. The quantitative estimate of drug-likeness (QED) is 0.178. The van der Waals surface area contributed by atoms with E-state index in [-0.39, 0.29) is 0 Å². The molecule has 2 heterocycles. The summed E-state index contributed by atoms with van der Waals surface area (Å²) >= 11 is 0. The van der Waals surface area contributed by atoms with Crippen LogP contribution < -0.4 is 0 Å². The van der Waals surface area contributed by atoms with Crippen LogP contribution in [-0.4, -0.2) is 4.98 Å². The molecule has 9 rings (SSSR count). The van der Waals surface area contributed by atoms with E-state index in [2.05, 4.69) is 176 Å². The number of fused-ring (bicyclic) bond motifs is 3. The maximum absolute atomic E-state index is 6.31. The van der Waals surface area contributed by atoms with Gasteiger partial charge in [0.15, 0.2) is 0 Å². The summed E-state index contributed by atoms with van der Waals surface area (Å²) in [5, 5.41) is 0. The van der Waals surface area contributed by atoms with Gasteiger partial charge in [0.1, 0.15) is 0 Å². The van der Waals surface area contributed by atoms with E-state index in [1.807, 2.05) is 12.1 Å². The smallest absolute Gasteiger partial charge is 0.0727 e. The summed E-state index contributed by atoms with van der Waals surface area (Å²) in [4.78, 5) is 5.10. The van der Waals surface area contributed by atoms with Crippen molar-refractivity contribution >= 4 is 0 Å². The lowest BCUT2D eigenvalue weighted by atomic mass is 9.89. The van der Waals surface area contributed by atoms with Crippen LogP contribution in [0, 0.1) is 0 Å². The van der Waals surface area contributed by atoms with Crippen molar-refractivity contribution in [3.05, 3.63) is 199 Å². The van der Waals surface area contributed by atoms with Crippen LogP contribution in [0.2, 0.25) is 0 Å². The number of benzene rings is 7. The van der Waals surface area contributed by atoms with Gasteiger partial charge in [0.25, 0.3) is 0 Å². The Hall–Kier alpha value is -6.35. The number of hydrogen-bond donors (Lipinski definition) is 0. The third kappa shape index (κ3) is 6.30. The molecule has 0 amide bonds. The second-order valence-electron chi connectivity index (χ2n) is 13.1. The SMILES string of the molecule is c1ccc(-c2cc(-c3ccccc3)cc(-c3ccc4c(c3)-c3ccc(-c5cc(-c6ccccc6)nc(-c6ccccc6)c5)cc3COC4)c2)cc1. The minimum absolute atomic E-state index is 0.553. The van der Waals surface area contributed by atoms with Crippen LogP contribution in [-0.2, 0) is 18.0 Å². The van der Waals surface area contributed by atoms with Crippen LogP contribution >= 0.6 is 0 Å². The third-order valence-electron chi connectivity index (χ3n) is 9.80. The highest BCUT2D eigenvalue weighted by molar-refractivity contribution is 5.85. The van der Waals surface area contributed by atoms with E-state index in [4.69, 9.17) is 9.72 Å². The molecule has 242 valence electrons. The maximum atomic E-state index is 6.31. The highest BCUT2D eigenvalue weighted by Gasteiger charge is 2.18. The molecule has 0 unspecified atom stereocenters. The van der Waals surface area contributed by atoms with Crippen molar-refractivity contribution in [2.45, 2.75) is 13.2 Å². The molecule has 0 radical (unpaired) electrons. The molecule has 51 heavy (non-hydrogen) atoms. The van der Waals surface area contributed by atoms with Gasteiger partial charge in [0, 0.05) is 11.1 Å². The first-order valence-electron chi connectivity index (χ1n) is 17.5. The summed E-state index contributed by atoms with van der Waals surface area (Å²) in [5.41, 5.74) is 18.4. The summed E-state index contributed by atoms with van der Waals surface area (Å²) in [6.45, 7) is 1.13. The topological polar surface area (TPSA) is 22.1 Å². The highest BCUT2D eigenvalue weighted by atomic mass is 16.5. The van der Waals surface area contributed by atoms with E-state index >= 15 is 0 Å². The number of hydrogen-bond acceptors (Lipinski definition) is 2. The van der Waals surface area contributed by atoms with Crippen molar-refractivity contribution in [1.82, 2.24) is 4.98 Å². The van der Waals surface area contributed by atoms with Crippen LogP contribution in [0.15, 0.2) is 188 Å². The van der Waals surface area contributed by atoms with Crippen molar-refractivity contribution in [2.75, 3.05) is 0 Å². The number of pyridine rings is 1. The molecule has 0 N–H and O–H groups in total. The summed E-state index contributed by atoms with van der Waals surface area (Å²) in [6, 6.07) is 67.2. The number of nitrogens with zero attached hydrogens (tertiary/aromatic N) is 1. The molecule has 2 nitrogen and oxygen atoms in total. The van der Waals surface area contributed by atoms with Gasteiger partial charge in [0.05, 0.1) is 24.6 Å². The molecule has 0 fully saturated rings. The molecule has 0 aliphatic carbocycles. The lowest BCUT2D eigenvalue weighted by Gasteiger charge is -2.15. The average Bonchev–Trinajstić information content (AvgIpc) is 3.40. The van der Waals surface area contributed by atoms with Gasteiger partial charge in [0.2, 0.25) is 0 Å². The average molecular weight is 654 g/mol. The van der Waals surface area contributed by atoms with Crippen LogP contribution in [0.3, 0.4) is 0 Å². The molecule has 1 aliphatic rings. The fourth-order valence-electron chi connectivity index (χ4n) is 7.16. The van der Waals surface area contributed by atoms with Crippen molar-refractivity contribution in [2.24, 2.45) is 0 Å². The van der Waals surface area contributed by atoms with Crippen LogP contribution in [0.5, 0.6) is 0 Å². The minimum Gasteiger partial charge on any atom is -0.372 e. The van der Waals surface area contributed by atoms with E-state index in [0.717, 1.165) is 33.6 Å². The van der Waals surface area contributed by atoms with Gasteiger partial charge in [-0.05, 0) is 109 Å². The molecule has 8 aromatic rings. The molecule has 0 atom stereocenters. The normalized spacial score (nSPS) is 12.1. The molecule has 0 saturated carbocycles. The van der Waals surface area contributed by atoms with Gasteiger partial charge >= 0.3 is 0 Å². The van der Waals surface area contributed by atoms with Gasteiger partial charge in [-0.25, -0.2) is 4.98 Å². The Morgan fingerprint density at radius 2 is 0.725 bits per heavy atom. The molecule has 2 heteroatoms. The standard InChI is InChI=1S/C49H35NO/c1-5-13-34(14-6-1)41-26-42(35-15-7-2-8-16-35)28-43(27-41)39-21-22-40-32-51-33-45-25-38(23-24-46(45)47(40)29-39)44-30-48(36-17-9-3-10-18-36)50-49(31-44)37-19-11-4-12-20-37/h1-31H,32-33H2. The van der Waals surface area contributed by atoms with E-state index in [9.17, 15) is 0 Å². The first-order chi connectivity index (χ1) is 25.2. The zero-order valence-corrected chi connectivity index (χ0v) is 28.2. The number of aromatic nitrogens is 1. The maximum Gasteiger partial charge on any atom is 0.0727 e. The highest BCUT2D eigenvalue weighted by Crippen LogP contribution is 2.40. The van der Waals surface area contributed by atoms with Crippen LogP contribution in [0.25, 0.3) is 78.1 Å². The molecule has 0 spiro atoms. The zero-order chi connectivity index (χ0) is 34.0. The van der Waals surface area contributed by atoms with E-state index in [1.54, 1.807) is 0 Å². The Morgan fingerprint density at radius 1 is 0.294 bits per heavy atom. The fraction of sp³-hybridized carbons (Fsp3) is 0.0408. The Morgan fingerprint density at radius 3 is 1.27 bits per heavy atom. The summed E-state index contributed by atoms with van der Waals surface area (Å²) in [6.07, 6.45) is 0. The predicted octanol–water partition coefficient (Wildman–Crippen LogP) is 12.8. The van der Waals surface area contributed by atoms with E-state index in [0.29, 0.717) is 13.2 Å². The molecular formula is C49H35NO. The van der Waals surface area contributed by atoms with Crippen LogP contribution in [0.1, 0.15) is 11.1 Å². The summed E-state index contributed by atoms with van der Waals surface area (Å²) in [5.74, 6) is 0. The zero-order valence-electron chi connectivity index (χ0n) is 28.2. The van der Waals surface area contributed by atoms with Crippen LogP contribution in [0.4, 0.5) is 0 Å². The van der Waals surface area contributed by atoms with Crippen molar-refractivity contribution < 1.29 is 4.74 Å². The van der Waals surface area contributed by atoms with Gasteiger partial charge in [-0.2, -0.15) is 0 Å². The molecule has 0 bridgehead atoms. The first-order valence-corrected chi connectivity index (χ1v) is 17.5. The van der Waals surface area contributed by atoms with Crippen molar-refractivity contribution in [1.29, 1.82) is 0 Å². The summed E-state index contributed by atoms with van der Waals surface area (Å²) < 4.78 is 6.31. The summed E-state index contributed by atoms with van der Waals surface area (Å²) in [7, 11) is 0. The second-order valence-corrected chi connectivity index (χ2v) is 13.1. The molecule has 1 aromatic heterocycles. The molecule has 0 saturated heterocycles. The Kier molecular flexibility index (Phi) is 8.13. The Balaban J connectivity index is 1.14. The number of ether oxygens (including phenoxy) is 1. The van der Waals surface area contributed by atoms with Gasteiger partial charge in [-0.15, -0.1) is 0 Å². The van der Waals surface area contributed by atoms with Crippen molar-refractivity contribution in [3.8, 4) is 78.1 Å². The lowest BCUT2D eigenvalue weighted by Crippen LogP contribution is -1.94.